The van der Waals surface area contributed by atoms with Gasteiger partial charge in [0.15, 0.2) is 5.96 Å². The average molecular weight is 332 g/mol. The van der Waals surface area contributed by atoms with Crippen LogP contribution in [-0.2, 0) is 11.3 Å². The topological polar surface area (TPSA) is 66.0 Å². The van der Waals surface area contributed by atoms with Crippen LogP contribution in [0.15, 0.2) is 29.3 Å². The summed E-state index contributed by atoms with van der Waals surface area (Å²) in [5, 5.41) is 6.22. The van der Waals surface area contributed by atoms with Crippen LogP contribution in [0.1, 0.15) is 31.7 Å². The fourth-order valence-electron chi connectivity index (χ4n) is 2.24. The van der Waals surface area contributed by atoms with Crippen LogP contribution in [0, 0.1) is 0 Å². The summed E-state index contributed by atoms with van der Waals surface area (Å²) in [6, 6.07) is 8.01. The smallest absolute Gasteiger partial charge is 0.241 e. The maximum absolute atomic E-state index is 11.7. The summed E-state index contributed by atoms with van der Waals surface area (Å²) in [4.78, 5) is 17.8. The van der Waals surface area contributed by atoms with Crippen molar-refractivity contribution in [3.8, 4) is 5.75 Å². The van der Waals surface area contributed by atoms with Crippen molar-refractivity contribution in [1.29, 1.82) is 0 Å². The van der Waals surface area contributed by atoms with E-state index in [1.165, 1.54) is 6.42 Å². The van der Waals surface area contributed by atoms with Gasteiger partial charge in [0.2, 0.25) is 5.91 Å². The summed E-state index contributed by atoms with van der Waals surface area (Å²) in [6.07, 6.45) is 3.86. The van der Waals surface area contributed by atoms with Gasteiger partial charge in [-0.2, -0.15) is 0 Å². The molecule has 6 nitrogen and oxygen atoms in total. The number of aliphatic imine (C=N–C) groups is 1. The number of para-hydroxylation sites is 1. The molecule has 132 valence electrons. The normalized spacial score (nSPS) is 14.7. The number of benzene rings is 1. The van der Waals surface area contributed by atoms with Gasteiger partial charge < -0.3 is 20.3 Å². The summed E-state index contributed by atoms with van der Waals surface area (Å²) in [5.74, 6) is 1.55. The first-order valence-electron chi connectivity index (χ1n) is 8.57. The average Bonchev–Trinajstić information content (AvgIpc) is 2.54. The van der Waals surface area contributed by atoms with Crippen LogP contribution in [-0.4, -0.2) is 50.1 Å². The molecule has 1 aliphatic rings. The molecule has 1 aromatic carbocycles. The number of carbonyl (C=O) groups is 1. The summed E-state index contributed by atoms with van der Waals surface area (Å²) in [6.45, 7) is 3.47. The molecule has 2 N–H and O–H groups in total. The molecule has 0 saturated heterocycles. The summed E-state index contributed by atoms with van der Waals surface area (Å²) < 4.78 is 6.03. The van der Waals surface area contributed by atoms with Gasteiger partial charge in [-0.1, -0.05) is 18.2 Å². The molecule has 6 heteroatoms. The third-order valence-corrected chi connectivity index (χ3v) is 3.98. The van der Waals surface area contributed by atoms with Gasteiger partial charge in [0, 0.05) is 26.2 Å². The Morgan fingerprint density at radius 3 is 2.67 bits per heavy atom. The van der Waals surface area contributed by atoms with Crippen LogP contribution in [0.5, 0.6) is 5.75 Å². The van der Waals surface area contributed by atoms with Crippen molar-refractivity contribution in [1.82, 2.24) is 15.5 Å². The zero-order valence-electron chi connectivity index (χ0n) is 14.8. The Hall–Kier alpha value is -2.24. The minimum atomic E-state index is 0.00863. The minimum Gasteiger partial charge on any atom is -0.490 e. The van der Waals surface area contributed by atoms with Crippen molar-refractivity contribution >= 4 is 11.9 Å². The summed E-state index contributed by atoms with van der Waals surface area (Å²) in [7, 11) is 3.48. The van der Waals surface area contributed by atoms with Crippen molar-refractivity contribution in [2.45, 2.75) is 38.8 Å². The zero-order valence-corrected chi connectivity index (χ0v) is 14.8. The van der Waals surface area contributed by atoms with Gasteiger partial charge in [0.1, 0.15) is 5.75 Å². The molecule has 1 aromatic rings. The second kappa shape index (κ2) is 9.15. The number of nitrogens with one attached hydrogen (secondary N) is 2. The van der Waals surface area contributed by atoms with Crippen molar-refractivity contribution in [2.24, 2.45) is 4.99 Å². The Morgan fingerprint density at radius 1 is 1.29 bits per heavy atom. The molecule has 0 aliphatic heterocycles. The lowest BCUT2D eigenvalue weighted by Gasteiger charge is -2.27. The molecule has 0 aromatic heterocycles. The second-order valence-electron chi connectivity index (χ2n) is 6.12. The van der Waals surface area contributed by atoms with Crippen LogP contribution in [0.3, 0.4) is 0 Å². The zero-order chi connectivity index (χ0) is 17.4. The van der Waals surface area contributed by atoms with Gasteiger partial charge >= 0.3 is 0 Å². The molecule has 0 unspecified atom stereocenters. The van der Waals surface area contributed by atoms with Gasteiger partial charge in [0.05, 0.1) is 19.2 Å². The van der Waals surface area contributed by atoms with Crippen LogP contribution in [0.25, 0.3) is 0 Å². The van der Waals surface area contributed by atoms with Crippen molar-refractivity contribution in [3.63, 3.8) is 0 Å². The van der Waals surface area contributed by atoms with Gasteiger partial charge in [-0.3, -0.25) is 4.79 Å². The molecule has 1 fully saturated rings. The SMILES string of the molecule is CCNC(=NCc1ccccc1OC1CCC1)NCC(=O)N(C)C. The quantitative estimate of drug-likeness (QED) is 0.590. The van der Waals surface area contributed by atoms with Gasteiger partial charge in [-0.15, -0.1) is 0 Å². The Bertz CT molecular complexity index is 568. The molecule has 2 rings (SSSR count). The third-order valence-electron chi connectivity index (χ3n) is 3.98. The summed E-state index contributed by atoms with van der Waals surface area (Å²) >= 11 is 0. The van der Waals surface area contributed by atoms with E-state index < -0.39 is 0 Å². The fourth-order valence-corrected chi connectivity index (χ4v) is 2.24. The fraction of sp³-hybridized carbons (Fsp3) is 0.556. The lowest BCUT2D eigenvalue weighted by atomic mass is 9.96. The Kier molecular flexibility index (Phi) is 6.90. The third kappa shape index (κ3) is 5.44. The number of ether oxygens (including phenoxy) is 1. The van der Waals surface area contributed by atoms with Crippen molar-refractivity contribution < 1.29 is 9.53 Å². The number of hydrogen-bond acceptors (Lipinski definition) is 3. The van der Waals surface area contributed by atoms with E-state index in [0.29, 0.717) is 18.6 Å². The van der Waals surface area contributed by atoms with E-state index in [-0.39, 0.29) is 12.5 Å². The van der Waals surface area contributed by atoms with Crippen molar-refractivity contribution in [3.05, 3.63) is 29.8 Å². The Morgan fingerprint density at radius 2 is 2.04 bits per heavy atom. The van der Waals surface area contributed by atoms with Gasteiger partial charge in [-0.25, -0.2) is 4.99 Å². The maximum Gasteiger partial charge on any atom is 0.241 e. The highest BCUT2D eigenvalue weighted by molar-refractivity contribution is 5.86. The standard InChI is InChI=1S/C18H28N4O2/c1-4-19-18(21-13-17(23)22(2)3)20-12-14-8-5-6-11-16(14)24-15-9-7-10-15/h5-6,8,11,15H,4,7,9-10,12-13H2,1-3H3,(H2,19,20,21). The molecular weight excluding hydrogens is 304 g/mol. The van der Waals surface area contributed by atoms with E-state index in [9.17, 15) is 4.79 Å². The largest absolute Gasteiger partial charge is 0.490 e. The highest BCUT2D eigenvalue weighted by Crippen LogP contribution is 2.27. The molecular formula is C18H28N4O2. The molecule has 24 heavy (non-hydrogen) atoms. The number of guanidine groups is 1. The molecule has 1 amide bonds. The van der Waals surface area contributed by atoms with Crippen LogP contribution in [0.4, 0.5) is 0 Å². The van der Waals surface area contributed by atoms with E-state index in [0.717, 1.165) is 30.7 Å². The maximum atomic E-state index is 11.7. The lowest BCUT2D eigenvalue weighted by Crippen LogP contribution is -2.42. The van der Waals surface area contributed by atoms with Crippen LogP contribution >= 0.6 is 0 Å². The number of rotatable bonds is 7. The van der Waals surface area contributed by atoms with E-state index >= 15 is 0 Å². The number of hydrogen-bond donors (Lipinski definition) is 2. The molecule has 1 aliphatic carbocycles. The molecule has 0 atom stereocenters. The van der Waals surface area contributed by atoms with E-state index in [1.807, 2.05) is 31.2 Å². The first kappa shape index (κ1) is 18.1. The number of likely N-dealkylation sites (N-methyl/N-ethyl adjacent to an activating group) is 1. The number of nitrogens with zero attached hydrogens (tertiary/aromatic N) is 2. The van der Waals surface area contributed by atoms with Gasteiger partial charge in [0.25, 0.3) is 0 Å². The second-order valence-corrected chi connectivity index (χ2v) is 6.12. The number of carbonyl (C=O) groups excluding carboxylic acids is 1. The lowest BCUT2D eigenvalue weighted by molar-refractivity contribution is -0.127. The van der Waals surface area contributed by atoms with E-state index in [2.05, 4.69) is 15.6 Å². The van der Waals surface area contributed by atoms with Crippen molar-refractivity contribution in [2.75, 3.05) is 27.2 Å². The molecule has 0 spiro atoms. The van der Waals surface area contributed by atoms with Crippen LogP contribution in [0.2, 0.25) is 0 Å². The first-order valence-corrected chi connectivity index (χ1v) is 8.57. The summed E-state index contributed by atoms with van der Waals surface area (Å²) in [5.41, 5.74) is 1.06. The Labute approximate surface area is 144 Å². The highest BCUT2D eigenvalue weighted by Gasteiger charge is 2.20. The Balaban J connectivity index is 1.98. The minimum absolute atomic E-state index is 0.00863. The molecule has 0 bridgehead atoms. The predicted octanol–water partition coefficient (Wildman–Crippen LogP) is 1.76. The highest BCUT2D eigenvalue weighted by atomic mass is 16.5. The van der Waals surface area contributed by atoms with E-state index in [1.54, 1.807) is 19.0 Å². The van der Waals surface area contributed by atoms with Crippen LogP contribution < -0.4 is 15.4 Å². The van der Waals surface area contributed by atoms with E-state index in [4.69, 9.17) is 4.74 Å². The predicted molar refractivity (Wildman–Crippen MR) is 96.2 cm³/mol. The molecule has 0 radical (unpaired) electrons. The van der Waals surface area contributed by atoms with Gasteiger partial charge in [-0.05, 0) is 32.3 Å². The first-order chi connectivity index (χ1) is 11.6. The number of amides is 1. The molecule has 0 heterocycles. The molecule has 1 saturated carbocycles. The monoisotopic (exact) mass is 332 g/mol.